The van der Waals surface area contributed by atoms with Crippen molar-refractivity contribution >= 4 is 28.3 Å². The maximum absolute atomic E-state index is 12.7. The first-order valence-corrected chi connectivity index (χ1v) is 9.98. The quantitative estimate of drug-likeness (QED) is 0.852. The molecule has 2 heterocycles. The maximum atomic E-state index is 12.7. The normalized spacial score (nSPS) is 24.3. The van der Waals surface area contributed by atoms with Crippen molar-refractivity contribution in [2.24, 2.45) is 11.7 Å². The van der Waals surface area contributed by atoms with Crippen molar-refractivity contribution in [3.8, 4) is 0 Å². The van der Waals surface area contributed by atoms with Crippen molar-refractivity contribution < 1.29 is 13.2 Å². The SMILES string of the molecule is CC1CC(CN)CN1C(=O)c1ccc(S(=O)(=O)N2CCCC2)cc1.Cl. The number of amides is 1. The van der Waals surface area contributed by atoms with Gasteiger partial charge in [0.15, 0.2) is 0 Å². The Balaban J connectivity index is 0.00000225. The Morgan fingerprint density at radius 2 is 1.80 bits per heavy atom. The van der Waals surface area contributed by atoms with E-state index in [4.69, 9.17) is 5.73 Å². The zero-order valence-corrected chi connectivity index (χ0v) is 16.1. The minimum atomic E-state index is -3.43. The van der Waals surface area contributed by atoms with E-state index in [2.05, 4.69) is 0 Å². The molecule has 2 fully saturated rings. The lowest BCUT2D eigenvalue weighted by Gasteiger charge is -2.22. The van der Waals surface area contributed by atoms with E-state index < -0.39 is 10.0 Å². The topological polar surface area (TPSA) is 83.7 Å². The Bertz CT molecular complexity index is 702. The van der Waals surface area contributed by atoms with Gasteiger partial charge in [-0.3, -0.25) is 4.79 Å². The lowest BCUT2D eigenvalue weighted by molar-refractivity contribution is 0.0743. The molecular weight excluding hydrogens is 362 g/mol. The van der Waals surface area contributed by atoms with Gasteiger partial charge in [0.2, 0.25) is 10.0 Å². The number of likely N-dealkylation sites (tertiary alicyclic amines) is 1. The van der Waals surface area contributed by atoms with E-state index in [1.165, 1.54) is 4.31 Å². The van der Waals surface area contributed by atoms with E-state index in [1.807, 2.05) is 11.8 Å². The zero-order valence-electron chi connectivity index (χ0n) is 14.4. The predicted octanol–water partition coefficient (Wildman–Crippen LogP) is 1.70. The second kappa shape index (κ2) is 8.03. The van der Waals surface area contributed by atoms with E-state index in [-0.39, 0.29) is 29.3 Å². The Morgan fingerprint density at radius 3 is 2.32 bits per heavy atom. The summed E-state index contributed by atoms with van der Waals surface area (Å²) in [5.74, 6) is 0.294. The first-order valence-electron chi connectivity index (χ1n) is 8.54. The van der Waals surface area contributed by atoms with Crippen LogP contribution in [-0.2, 0) is 10.0 Å². The standard InChI is InChI=1S/C17H25N3O3S.ClH/c1-13-10-14(11-18)12-20(13)17(21)15-4-6-16(7-5-15)24(22,23)19-8-2-3-9-19;/h4-7,13-14H,2-3,8-12,18H2,1H3;1H. The Kier molecular flexibility index (Phi) is 6.48. The molecule has 2 saturated heterocycles. The molecule has 8 heteroatoms. The molecule has 2 aliphatic rings. The number of carbonyl (C=O) groups is 1. The lowest BCUT2D eigenvalue weighted by atomic mass is 10.1. The summed E-state index contributed by atoms with van der Waals surface area (Å²) in [6.07, 6.45) is 2.74. The fourth-order valence-corrected chi connectivity index (χ4v) is 5.13. The van der Waals surface area contributed by atoms with Gasteiger partial charge in [0.05, 0.1) is 4.90 Å². The zero-order chi connectivity index (χ0) is 17.3. The molecule has 0 radical (unpaired) electrons. The molecule has 140 valence electrons. The number of carbonyl (C=O) groups excluding carboxylic acids is 1. The number of sulfonamides is 1. The second-order valence-corrected chi connectivity index (χ2v) is 8.72. The summed E-state index contributed by atoms with van der Waals surface area (Å²) in [6.45, 7) is 4.44. The van der Waals surface area contributed by atoms with Crippen molar-refractivity contribution in [2.75, 3.05) is 26.2 Å². The van der Waals surface area contributed by atoms with E-state index in [9.17, 15) is 13.2 Å². The van der Waals surface area contributed by atoms with Gasteiger partial charge in [-0.05, 0) is 62.9 Å². The predicted molar refractivity (Wildman–Crippen MR) is 99.3 cm³/mol. The highest BCUT2D eigenvalue weighted by molar-refractivity contribution is 7.89. The third-order valence-electron chi connectivity index (χ3n) is 5.06. The van der Waals surface area contributed by atoms with Gasteiger partial charge in [-0.25, -0.2) is 8.42 Å². The van der Waals surface area contributed by atoms with Crippen molar-refractivity contribution in [3.05, 3.63) is 29.8 Å². The van der Waals surface area contributed by atoms with Crippen LogP contribution in [0.15, 0.2) is 29.2 Å². The van der Waals surface area contributed by atoms with Crippen LogP contribution in [-0.4, -0.2) is 55.8 Å². The number of nitrogens with zero attached hydrogens (tertiary/aromatic N) is 2. The maximum Gasteiger partial charge on any atom is 0.254 e. The van der Waals surface area contributed by atoms with Gasteiger partial charge in [-0.2, -0.15) is 4.31 Å². The first-order chi connectivity index (χ1) is 11.4. The van der Waals surface area contributed by atoms with Gasteiger partial charge in [-0.1, -0.05) is 0 Å². The lowest BCUT2D eigenvalue weighted by Crippen LogP contribution is -2.34. The van der Waals surface area contributed by atoms with Gasteiger partial charge in [0.1, 0.15) is 0 Å². The second-order valence-electron chi connectivity index (χ2n) is 6.78. The van der Waals surface area contributed by atoms with Crippen LogP contribution in [0, 0.1) is 5.92 Å². The Morgan fingerprint density at radius 1 is 1.20 bits per heavy atom. The van der Waals surface area contributed by atoms with Crippen LogP contribution < -0.4 is 5.73 Å². The molecule has 1 amide bonds. The van der Waals surface area contributed by atoms with Gasteiger partial charge in [-0.15, -0.1) is 12.4 Å². The summed E-state index contributed by atoms with van der Waals surface area (Å²) in [5.41, 5.74) is 6.24. The van der Waals surface area contributed by atoms with E-state index >= 15 is 0 Å². The third-order valence-corrected chi connectivity index (χ3v) is 6.97. The summed E-state index contributed by atoms with van der Waals surface area (Å²) < 4.78 is 26.6. The number of nitrogens with two attached hydrogens (primary N) is 1. The van der Waals surface area contributed by atoms with Crippen molar-refractivity contribution in [3.63, 3.8) is 0 Å². The molecule has 1 aromatic carbocycles. The molecule has 0 saturated carbocycles. The summed E-state index contributed by atoms with van der Waals surface area (Å²) in [4.78, 5) is 14.8. The Labute approximate surface area is 155 Å². The van der Waals surface area contributed by atoms with Crippen LogP contribution in [0.1, 0.15) is 36.5 Å². The minimum absolute atomic E-state index is 0. The molecule has 2 aliphatic heterocycles. The number of hydrogen-bond acceptors (Lipinski definition) is 4. The van der Waals surface area contributed by atoms with Crippen molar-refractivity contribution in [1.82, 2.24) is 9.21 Å². The van der Waals surface area contributed by atoms with Crippen LogP contribution in [0.4, 0.5) is 0 Å². The van der Waals surface area contributed by atoms with E-state index in [0.717, 1.165) is 19.3 Å². The monoisotopic (exact) mass is 387 g/mol. The van der Waals surface area contributed by atoms with Crippen LogP contribution in [0.5, 0.6) is 0 Å². The molecule has 25 heavy (non-hydrogen) atoms. The molecule has 0 aliphatic carbocycles. The molecule has 2 N–H and O–H groups in total. The van der Waals surface area contributed by atoms with Crippen LogP contribution in [0.2, 0.25) is 0 Å². The molecule has 2 unspecified atom stereocenters. The molecule has 6 nitrogen and oxygen atoms in total. The fraction of sp³-hybridized carbons (Fsp3) is 0.588. The van der Waals surface area contributed by atoms with E-state index in [0.29, 0.717) is 37.7 Å². The third kappa shape index (κ3) is 4.00. The number of rotatable bonds is 4. The van der Waals surface area contributed by atoms with Crippen molar-refractivity contribution in [2.45, 2.75) is 37.1 Å². The Hall–Kier alpha value is -1.15. The number of benzene rings is 1. The molecule has 0 spiro atoms. The van der Waals surface area contributed by atoms with Crippen LogP contribution >= 0.6 is 12.4 Å². The highest BCUT2D eigenvalue weighted by atomic mass is 35.5. The molecule has 2 atom stereocenters. The van der Waals surface area contributed by atoms with Gasteiger partial charge in [0, 0.05) is 31.2 Å². The first kappa shape index (κ1) is 20.2. The molecule has 0 bridgehead atoms. The molecule has 0 aromatic heterocycles. The average Bonchev–Trinajstić information content (AvgIpc) is 3.24. The molecular formula is C17H26ClN3O3S. The highest BCUT2D eigenvalue weighted by Gasteiger charge is 2.32. The summed E-state index contributed by atoms with van der Waals surface area (Å²) in [6, 6.07) is 6.49. The van der Waals surface area contributed by atoms with Crippen molar-refractivity contribution in [1.29, 1.82) is 0 Å². The molecule has 3 rings (SSSR count). The summed E-state index contributed by atoms with van der Waals surface area (Å²) >= 11 is 0. The number of hydrogen-bond donors (Lipinski definition) is 1. The minimum Gasteiger partial charge on any atom is -0.336 e. The van der Waals surface area contributed by atoms with Gasteiger partial charge >= 0.3 is 0 Å². The smallest absolute Gasteiger partial charge is 0.254 e. The largest absolute Gasteiger partial charge is 0.336 e. The van der Waals surface area contributed by atoms with Crippen LogP contribution in [0.25, 0.3) is 0 Å². The van der Waals surface area contributed by atoms with E-state index in [1.54, 1.807) is 24.3 Å². The fourth-order valence-electron chi connectivity index (χ4n) is 3.61. The summed E-state index contributed by atoms with van der Waals surface area (Å²) in [5, 5.41) is 0. The summed E-state index contributed by atoms with van der Waals surface area (Å²) in [7, 11) is -3.43. The molecule has 1 aromatic rings. The highest BCUT2D eigenvalue weighted by Crippen LogP contribution is 2.25. The van der Waals surface area contributed by atoms with Crippen LogP contribution in [0.3, 0.4) is 0 Å². The average molecular weight is 388 g/mol. The number of halogens is 1. The van der Waals surface area contributed by atoms with Gasteiger partial charge < -0.3 is 10.6 Å². The van der Waals surface area contributed by atoms with Gasteiger partial charge in [0.25, 0.3) is 5.91 Å².